The molecule has 0 aliphatic carbocycles. The summed E-state index contributed by atoms with van der Waals surface area (Å²) in [6.45, 7) is 2.17. The fraction of sp³-hybridized carbons (Fsp3) is 0.182. The van der Waals surface area contributed by atoms with Gasteiger partial charge in [0.15, 0.2) is 10.6 Å². The van der Waals surface area contributed by atoms with E-state index in [9.17, 15) is 9.90 Å². The summed E-state index contributed by atoms with van der Waals surface area (Å²) in [5.41, 5.74) is 2.58. The third kappa shape index (κ3) is 3.58. The number of thiazole rings is 1. The molecule has 3 aromatic heterocycles. The molecule has 0 spiro atoms. The Morgan fingerprint density at radius 2 is 2.19 bits per heavy atom. The van der Waals surface area contributed by atoms with E-state index in [1.807, 2.05) is 25.1 Å². The first-order valence-electron chi connectivity index (χ1n) is 9.65. The van der Waals surface area contributed by atoms with Crippen LogP contribution in [0.5, 0.6) is 5.88 Å². The molecule has 1 unspecified atom stereocenters. The van der Waals surface area contributed by atoms with E-state index in [4.69, 9.17) is 16.4 Å². The molecular formula is C22H17ClN4O3S. The summed E-state index contributed by atoms with van der Waals surface area (Å²) < 4.78 is 3.47. The number of oxime groups is 1. The maximum absolute atomic E-state index is 13.5. The van der Waals surface area contributed by atoms with E-state index in [0.29, 0.717) is 22.1 Å². The summed E-state index contributed by atoms with van der Waals surface area (Å²) in [5, 5.41) is 17.6. The maximum atomic E-state index is 13.5. The van der Waals surface area contributed by atoms with Gasteiger partial charge in [-0.1, -0.05) is 41.0 Å². The van der Waals surface area contributed by atoms with Gasteiger partial charge in [0.25, 0.3) is 5.65 Å². The summed E-state index contributed by atoms with van der Waals surface area (Å²) in [7, 11) is 0. The standard InChI is InChI=1S/C22H17ClN4O3S/c1-13-9-17(30-25-13)14-5-4-6-15(10-14)19-20(28)26-8-3-2-7-18(26)27(21(19)29)12-16-11-24-22(23)31-16/h2-8,10-11,17H,9,12H2,1H3. The first-order chi connectivity index (χ1) is 15.0. The highest BCUT2D eigenvalue weighted by atomic mass is 35.5. The minimum atomic E-state index is -0.365. The molecule has 7 nitrogen and oxygen atoms in total. The van der Waals surface area contributed by atoms with Crippen LogP contribution in [0.2, 0.25) is 4.47 Å². The lowest BCUT2D eigenvalue weighted by Gasteiger charge is -2.17. The highest BCUT2D eigenvalue weighted by Gasteiger charge is 2.24. The predicted molar refractivity (Wildman–Crippen MR) is 117 cm³/mol. The zero-order chi connectivity index (χ0) is 21.5. The number of hydrogen-bond donors (Lipinski definition) is 0. The maximum Gasteiger partial charge on any atom is 0.349 e. The topological polar surface area (TPSA) is 82.9 Å². The van der Waals surface area contributed by atoms with Crippen molar-refractivity contribution in [2.75, 3.05) is 0 Å². The van der Waals surface area contributed by atoms with Crippen LogP contribution in [0.3, 0.4) is 0 Å². The summed E-state index contributed by atoms with van der Waals surface area (Å²) in [5.74, 6) is -0.363. The smallest absolute Gasteiger partial charge is 0.349 e. The van der Waals surface area contributed by atoms with Crippen molar-refractivity contribution in [2.24, 2.45) is 5.16 Å². The monoisotopic (exact) mass is 452 g/mol. The van der Waals surface area contributed by atoms with Crippen molar-refractivity contribution in [2.45, 2.75) is 26.0 Å². The summed E-state index contributed by atoms with van der Waals surface area (Å²) in [4.78, 5) is 23.7. The number of halogens is 1. The molecule has 0 saturated carbocycles. The molecule has 31 heavy (non-hydrogen) atoms. The molecule has 0 fully saturated rings. The van der Waals surface area contributed by atoms with E-state index in [1.54, 1.807) is 41.2 Å². The number of benzene rings is 1. The third-order valence-electron chi connectivity index (χ3n) is 5.21. The lowest BCUT2D eigenvalue weighted by molar-refractivity contribution is -0.707. The lowest BCUT2D eigenvalue weighted by Crippen LogP contribution is -2.44. The second kappa shape index (κ2) is 7.79. The summed E-state index contributed by atoms with van der Waals surface area (Å²) in [6, 6.07) is 12.7. The number of pyridine rings is 1. The van der Waals surface area contributed by atoms with Gasteiger partial charge in [-0.3, -0.25) is 0 Å². The molecule has 5 rings (SSSR count). The Balaban J connectivity index is 1.68. The number of hydrogen-bond acceptors (Lipinski definition) is 6. The van der Waals surface area contributed by atoms with Crippen LogP contribution in [0, 0.1) is 0 Å². The molecule has 0 amide bonds. The van der Waals surface area contributed by atoms with E-state index in [0.717, 1.165) is 16.2 Å². The van der Waals surface area contributed by atoms with E-state index in [1.165, 1.54) is 15.7 Å². The summed E-state index contributed by atoms with van der Waals surface area (Å²) in [6.07, 6.45) is 3.77. The quantitative estimate of drug-likeness (QED) is 0.445. The van der Waals surface area contributed by atoms with Gasteiger partial charge in [0.1, 0.15) is 12.1 Å². The minimum Gasteiger partial charge on any atom is -0.842 e. The second-order valence-corrected chi connectivity index (χ2v) is 9.03. The molecule has 1 aliphatic heterocycles. The van der Waals surface area contributed by atoms with Gasteiger partial charge in [-0.15, -0.1) is 11.3 Å². The Kier molecular flexibility index (Phi) is 4.95. The van der Waals surface area contributed by atoms with Crippen molar-refractivity contribution in [1.29, 1.82) is 0 Å². The molecule has 1 aliphatic rings. The first kappa shape index (κ1) is 19.7. The Bertz CT molecular complexity index is 1400. The van der Waals surface area contributed by atoms with Gasteiger partial charge in [-0.25, -0.2) is 14.3 Å². The average molecular weight is 453 g/mol. The van der Waals surface area contributed by atoms with E-state index < -0.39 is 0 Å². The molecule has 0 saturated heterocycles. The van der Waals surface area contributed by atoms with Gasteiger partial charge in [0.2, 0.25) is 0 Å². The first-order valence-corrected chi connectivity index (χ1v) is 10.8. The van der Waals surface area contributed by atoms with Gasteiger partial charge >= 0.3 is 5.56 Å². The van der Waals surface area contributed by atoms with Crippen molar-refractivity contribution in [3.63, 3.8) is 0 Å². The van der Waals surface area contributed by atoms with Crippen LogP contribution in [0.15, 0.2) is 64.8 Å². The third-order valence-corrected chi connectivity index (χ3v) is 6.31. The lowest BCUT2D eigenvalue weighted by atomic mass is 9.99. The SMILES string of the molecule is CC1=NOC(c2cccc(-c3c([O-])[n+](Cc4cnc(Cl)s4)c4ccccn4c3=O)c2)C1. The Morgan fingerprint density at radius 1 is 1.32 bits per heavy atom. The molecule has 0 bridgehead atoms. The minimum absolute atomic E-state index is 0.108. The fourth-order valence-corrected chi connectivity index (χ4v) is 4.73. The van der Waals surface area contributed by atoms with Crippen LogP contribution in [0.1, 0.15) is 29.9 Å². The van der Waals surface area contributed by atoms with Gasteiger partial charge in [0.05, 0.1) is 22.7 Å². The van der Waals surface area contributed by atoms with Gasteiger partial charge in [-0.05, 0) is 30.2 Å². The predicted octanol–water partition coefficient (Wildman–Crippen LogP) is 3.32. The summed E-state index contributed by atoms with van der Waals surface area (Å²) >= 11 is 7.27. The van der Waals surface area contributed by atoms with E-state index in [2.05, 4.69) is 10.1 Å². The van der Waals surface area contributed by atoms with Gasteiger partial charge in [-0.2, -0.15) is 4.40 Å². The second-order valence-electron chi connectivity index (χ2n) is 7.33. The highest BCUT2D eigenvalue weighted by molar-refractivity contribution is 7.15. The van der Waals surface area contributed by atoms with Crippen molar-refractivity contribution in [3.8, 4) is 17.0 Å². The molecule has 0 N–H and O–H groups in total. The van der Waals surface area contributed by atoms with Crippen molar-refractivity contribution >= 4 is 34.3 Å². The van der Waals surface area contributed by atoms with Gasteiger partial charge < -0.3 is 9.94 Å². The van der Waals surface area contributed by atoms with Crippen LogP contribution in [-0.2, 0) is 11.4 Å². The molecule has 0 radical (unpaired) electrons. The number of fused-ring (bicyclic) bond motifs is 1. The molecular weight excluding hydrogens is 436 g/mol. The van der Waals surface area contributed by atoms with E-state index >= 15 is 0 Å². The number of rotatable bonds is 4. The highest BCUT2D eigenvalue weighted by Crippen LogP contribution is 2.31. The average Bonchev–Trinajstić information content (AvgIpc) is 3.39. The molecule has 4 aromatic rings. The molecule has 4 heterocycles. The largest absolute Gasteiger partial charge is 0.842 e. The normalized spacial score (nSPS) is 15.8. The Morgan fingerprint density at radius 3 is 2.94 bits per heavy atom. The van der Waals surface area contributed by atoms with Crippen LogP contribution >= 0.6 is 22.9 Å². The fourth-order valence-electron chi connectivity index (χ4n) is 3.76. The molecule has 1 atom stereocenters. The Hall–Kier alpha value is -3.23. The van der Waals surface area contributed by atoms with Crippen molar-refractivity contribution in [3.05, 3.63) is 80.1 Å². The van der Waals surface area contributed by atoms with Crippen molar-refractivity contribution < 1.29 is 14.5 Å². The van der Waals surface area contributed by atoms with Crippen molar-refractivity contribution in [1.82, 2.24) is 9.38 Å². The molecule has 9 heteroatoms. The van der Waals surface area contributed by atoms with Crippen LogP contribution in [0.4, 0.5) is 0 Å². The van der Waals surface area contributed by atoms with Crippen LogP contribution in [0.25, 0.3) is 16.8 Å². The van der Waals surface area contributed by atoms with E-state index in [-0.39, 0.29) is 29.7 Å². The van der Waals surface area contributed by atoms with Crippen LogP contribution in [-0.4, -0.2) is 15.1 Å². The van der Waals surface area contributed by atoms with Gasteiger partial charge in [0, 0.05) is 18.7 Å². The Labute approximate surface area is 186 Å². The zero-order valence-electron chi connectivity index (χ0n) is 16.5. The molecule has 156 valence electrons. The number of aromatic nitrogens is 3. The number of nitrogens with zero attached hydrogens (tertiary/aromatic N) is 4. The molecule has 1 aromatic carbocycles. The van der Waals surface area contributed by atoms with Crippen LogP contribution < -0.4 is 15.2 Å². The zero-order valence-corrected chi connectivity index (χ0v) is 18.1.